The van der Waals surface area contributed by atoms with E-state index in [0.29, 0.717) is 5.56 Å². The van der Waals surface area contributed by atoms with Crippen molar-refractivity contribution in [2.45, 2.75) is 50.1 Å². The lowest BCUT2D eigenvalue weighted by Crippen LogP contribution is -2.62. The lowest BCUT2D eigenvalue weighted by Gasteiger charge is -2.43. The van der Waals surface area contributed by atoms with Crippen LogP contribution in [-0.4, -0.2) is 71.6 Å². The van der Waals surface area contributed by atoms with Gasteiger partial charge in [0.1, 0.15) is 17.7 Å². The molecule has 0 unspecified atom stereocenters. The molecule has 0 spiro atoms. The van der Waals surface area contributed by atoms with Crippen molar-refractivity contribution >= 4 is 21.8 Å². The lowest BCUT2D eigenvalue weighted by atomic mass is 9.94. The molecule has 9 nitrogen and oxygen atoms in total. The van der Waals surface area contributed by atoms with Crippen molar-refractivity contribution in [2.24, 2.45) is 0 Å². The van der Waals surface area contributed by atoms with Crippen LogP contribution in [0.2, 0.25) is 0 Å². The molecule has 0 saturated carbocycles. The number of amidine groups is 1. The molecule has 2 aromatic rings. The van der Waals surface area contributed by atoms with Crippen LogP contribution < -0.4 is 10.2 Å². The molecule has 2 saturated heterocycles. The van der Waals surface area contributed by atoms with Crippen LogP contribution in [0.15, 0.2) is 54.6 Å². The summed E-state index contributed by atoms with van der Waals surface area (Å²) < 4.78 is 70.9. The summed E-state index contributed by atoms with van der Waals surface area (Å²) in [5, 5.41) is 17.9. The molecule has 0 bridgehead atoms. The van der Waals surface area contributed by atoms with Gasteiger partial charge in [0, 0.05) is 31.7 Å². The first-order valence-corrected chi connectivity index (χ1v) is 13.6. The number of carbonyl (C=O) groups is 1. The van der Waals surface area contributed by atoms with E-state index < -0.39 is 38.5 Å². The van der Waals surface area contributed by atoms with Crippen LogP contribution in [-0.2, 0) is 21.0 Å². The van der Waals surface area contributed by atoms with Crippen LogP contribution in [0.3, 0.4) is 0 Å². The number of hydroxylamine groups is 1. The zero-order valence-corrected chi connectivity index (χ0v) is 21.3. The van der Waals surface area contributed by atoms with Gasteiger partial charge in [0.15, 0.2) is 4.75 Å². The first kappa shape index (κ1) is 30.4. The molecule has 0 aliphatic carbocycles. The summed E-state index contributed by atoms with van der Waals surface area (Å²) in [5.74, 6) is -0.530. The minimum atomic E-state index is -4.45. The lowest BCUT2D eigenvalue weighted by molar-refractivity contribution is -0.137. The van der Waals surface area contributed by atoms with Gasteiger partial charge in [-0.15, -0.1) is 0 Å². The van der Waals surface area contributed by atoms with Gasteiger partial charge < -0.3 is 9.64 Å². The van der Waals surface area contributed by atoms with Crippen LogP contribution in [0.1, 0.15) is 44.2 Å². The number of ether oxygens (including phenoxy) is 1. The fourth-order valence-electron chi connectivity index (χ4n) is 4.93. The Morgan fingerprint density at radius 2 is 1.56 bits per heavy atom. The Bertz CT molecular complexity index is 1240. The van der Waals surface area contributed by atoms with Gasteiger partial charge in [0.05, 0.1) is 5.56 Å². The van der Waals surface area contributed by atoms with Gasteiger partial charge in [-0.2, -0.15) is 13.2 Å². The van der Waals surface area contributed by atoms with Crippen LogP contribution in [0, 0.1) is 5.41 Å². The second-order valence-electron chi connectivity index (χ2n) is 9.38. The molecule has 1 amide bonds. The van der Waals surface area contributed by atoms with Crippen LogP contribution >= 0.6 is 0 Å². The number of rotatable bonds is 6. The van der Waals surface area contributed by atoms with E-state index in [-0.39, 0.29) is 70.9 Å². The highest BCUT2D eigenvalue weighted by molar-refractivity contribution is 7.91. The Kier molecular flexibility index (Phi) is 9.29. The van der Waals surface area contributed by atoms with E-state index in [0.717, 1.165) is 12.1 Å². The summed E-state index contributed by atoms with van der Waals surface area (Å²) in [6, 6.07) is 13.3. The number of nitrogens with zero attached hydrogens (tertiary/aromatic N) is 2. The zero-order chi connectivity index (χ0) is 27.6. The topological polar surface area (TPSA) is 123 Å². The molecular weight excluding hydrogens is 537 g/mol. The highest BCUT2D eigenvalue weighted by atomic mass is 32.2. The molecule has 4 rings (SSSR count). The standard InChI is InChI=1S/C25H29F3N4O5S.CH4/c26-25(27,28)19-6-8-20(9-7-19)37-21-10-14-32(15-11-21)38(35,36)24(23(33)30-34)12-16-31(17-13-24)22(29)18-4-2-1-3-5-18;/h1-9,21,29,34H,10-17H2,(H,30,33);1H4. The third-order valence-electron chi connectivity index (χ3n) is 7.17. The Labute approximate surface area is 226 Å². The van der Waals surface area contributed by atoms with Crippen molar-refractivity contribution in [1.29, 1.82) is 5.41 Å². The minimum Gasteiger partial charge on any atom is -0.490 e. The third kappa shape index (κ3) is 6.20. The number of nitrogens with one attached hydrogen (secondary N) is 2. The van der Waals surface area contributed by atoms with Crippen molar-refractivity contribution < 1.29 is 36.3 Å². The molecule has 39 heavy (non-hydrogen) atoms. The molecule has 2 aliphatic rings. The quantitative estimate of drug-likeness (QED) is 0.210. The van der Waals surface area contributed by atoms with E-state index in [4.69, 9.17) is 10.1 Å². The fourth-order valence-corrected chi connectivity index (χ4v) is 7.09. The smallest absolute Gasteiger partial charge is 0.416 e. The van der Waals surface area contributed by atoms with E-state index in [1.165, 1.54) is 21.9 Å². The van der Waals surface area contributed by atoms with Crippen LogP contribution in [0.4, 0.5) is 13.2 Å². The highest BCUT2D eigenvalue weighted by Crippen LogP contribution is 2.36. The fraction of sp³-hybridized carbons (Fsp3) is 0.462. The second kappa shape index (κ2) is 11.9. The maximum absolute atomic E-state index is 13.7. The van der Waals surface area contributed by atoms with Crippen molar-refractivity contribution in [1.82, 2.24) is 14.7 Å². The number of hydrogen-bond donors (Lipinski definition) is 3. The van der Waals surface area contributed by atoms with Gasteiger partial charge in [-0.3, -0.25) is 15.4 Å². The molecule has 214 valence electrons. The van der Waals surface area contributed by atoms with Crippen LogP contribution in [0.5, 0.6) is 5.75 Å². The number of amides is 1. The average Bonchev–Trinajstić information content (AvgIpc) is 2.92. The highest BCUT2D eigenvalue weighted by Gasteiger charge is 2.55. The Balaban J connectivity index is 0.00000420. The van der Waals surface area contributed by atoms with Crippen LogP contribution in [0.25, 0.3) is 0 Å². The van der Waals surface area contributed by atoms with E-state index in [2.05, 4.69) is 0 Å². The predicted molar refractivity (Wildman–Crippen MR) is 139 cm³/mol. The van der Waals surface area contributed by atoms with E-state index in [1.807, 2.05) is 6.07 Å². The van der Waals surface area contributed by atoms with Crippen molar-refractivity contribution in [3.05, 3.63) is 65.7 Å². The minimum absolute atomic E-state index is 0. The molecule has 2 fully saturated rings. The van der Waals surface area contributed by atoms with Gasteiger partial charge in [-0.05, 0) is 49.9 Å². The van der Waals surface area contributed by atoms with E-state index >= 15 is 0 Å². The summed E-state index contributed by atoms with van der Waals surface area (Å²) in [4.78, 5) is 14.5. The first-order chi connectivity index (χ1) is 18.0. The molecule has 2 heterocycles. The summed E-state index contributed by atoms with van der Waals surface area (Å²) >= 11 is 0. The summed E-state index contributed by atoms with van der Waals surface area (Å²) in [6.45, 7) is 0.372. The number of halogens is 3. The number of alkyl halides is 3. The number of hydrogen-bond acceptors (Lipinski definition) is 6. The van der Waals surface area contributed by atoms with E-state index in [1.54, 1.807) is 29.2 Å². The Hall–Kier alpha value is -3.16. The van der Waals surface area contributed by atoms with E-state index in [9.17, 15) is 31.6 Å². The second-order valence-corrected chi connectivity index (χ2v) is 11.6. The summed E-state index contributed by atoms with van der Waals surface area (Å²) in [6.07, 6.45) is -4.52. The molecular formula is C26H33F3N4O5S. The Morgan fingerprint density at radius 1 is 1.00 bits per heavy atom. The van der Waals surface area contributed by atoms with Crippen molar-refractivity contribution in [3.8, 4) is 5.75 Å². The normalized spacial score (nSPS) is 18.6. The molecule has 3 N–H and O–H groups in total. The van der Waals surface area contributed by atoms with Gasteiger partial charge in [-0.1, -0.05) is 37.8 Å². The summed E-state index contributed by atoms with van der Waals surface area (Å²) in [5.41, 5.74) is 1.41. The molecule has 0 atom stereocenters. The van der Waals surface area contributed by atoms with Gasteiger partial charge in [0.2, 0.25) is 10.0 Å². The van der Waals surface area contributed by atoms with Gasteiger partial charge in [-0.25, -0.2) is 18.2 Å². The predicted octanol–water partition coefficient (Wildman–Crippen LogP) is 3.88. The largest absolute Gasteiger partial charge is 0.490 e. The maximum atomic E-state index is 13.7. The van der Waals surface area contributed by atoms with Gasteiger partial charge >= 0.3 is 6.18 Å². The SMILES string of the molecule is C.N=C(c1ccccc1)N1CCC(C(=O)NO)(S(=O)(=O)N2CCC(Oc3ccc(C(F)(F)F)cc3)CC2)CC1. The molecule has 2 aliphatic heterocycles. The average molecular weight is 571 g/mol. The molecule has 0 radical (unpaired) electrons. The molecule has 2 aromatic carbocycles. The number of sulfonamides is 1. The maximum Gasteiger partial charge on any atom is 0.416 e. The van der Waals surface area contributed by atoms with Crippen molar-refractivity contribution in [2.75, 3.05) is 26.2 Å². The first-order valence-electron chi connectivity index (χ1n) is 12.1. The van der Waals surface area contributed by atoms with Gasteiger partial charge in [0.25, 0.3) is 5.91 Å². The number of piperidine rings is 2. The molecule has 0 aromatic heterocycles. The monoisotopic (exact) mass is 570 g/mol. The number of benzene rings is 2. The zero-order valence-electron chi connectivity index (χ0n) is 20.4. The number of likely N-dealkylation sites (tertiary alicyclic amines) is 1. The van der Waals surface area contributed by atoms with Crippen molar-refractivity contribution in [3.63, 3.8) is 0 Å². The third-order valence-corrected chi connectivity index (χ3v) is 9.80. The summed E-state index contributed by atoms with van der Waals surface area (Å²) in [7, 11) is -4.21. The Morgan fingerprint density at radius 3 is 2.08 bits per heavy atom. The number of carbonyl (C=O) groups excluding carboxylic acids is 1. The molecule has 13 heteroatoms.